The van der Waals surface area contributed by atoms with Crippen LogP contribution in [0.15, 0.2) is 30.5 Å². The van der Waals surface area contributed by atoms with Crippen molar-refractivity contribution >= 4 is 35.0 Å². The number of ether oxygens (including phenoxy) is 1. The number of carbonyl (C=O) groups is 2. The van der Waals surface area contributed by atoms with Crippen LogP contribution >= 0.6 is 11.6 Å². The van der Waals surface area contributed by atoms with Gasteiger partial charge in [0.2, 0.25) is 0 Å². The number of Topliss-reactive ketones (excluding diaryl/α,β-unsaturated/α-hetero) is 1. The Hall–Kier alpha value is -3.78. The lowest BCUT2D eigenvalue weighted by Crippen LogP contribution is -2.28. The van der Waals surface area contributed by atoms with Crippen LogP contribution in [0.2, 0.25) is 0 Å². The van der Waals surface area contributed by atoms with Crippen LogP contribution in [0.1, 0.15) is 52.4 Å². The number of alkyl halides is 5. The molecule has 0 aromatic carbocycles. The number of nitrogens with zero attached hydrogens (tertiary/aromatic N) is 6. The third-order valence-electron chi connectivity index (χ3n) is 9.89. The first-order chi connectivity index (χ1) is 23.2. The third kappa shape index (κ3) is 7.12. The number of ketones is 1. The highest BCUT2D eigenvalue weighted by molar-refractivity contribution is 6.17. The van der Waals surface area contributed by atoms with E-state index in [2.05, 4.69) is 20.4 Å². The normalized spacial score (nSPS) is 23.8. The molecule has 2 saturated carbocycles. The summed E-state index contributed by atoms with van der Waals surface area (Å²) in [5.74, 6) is -5.75. The van der Waals surface area contributed by atoms with Crippen molar-refractivity contribution in [1.82, 2.24) is 25.1 Å². The van der Waals surface area contributed by atoms with E-state index in [1.54, 1.807) is 17.8 Å². The van der Waals surface area contributed by atoms with Gasteiger partial charge in [-0.3, -0.25) is 9.48 Å². The van der Waals surface area contributed by atoms with Crippen molar-refractivity contribution in [3.63, 3.8) is 0 Å². The molecule has 0 radical (unpaired) electrons. The van der Waals surface area contributed by atoms with Crippen LogP contribution in [0.4, 0.5) is 29.2 Å². The Kier molecular flexibility index (Phi) is 9.66. The van der Waals surface area contributed by atoms with Gasteiger partial charge < -0.3 is 19.9 Å². The summed E-state index contributed by atoms with van der Waals surface area (Å²) >= 11 is 5.90. The number of aryl methyl sites for hydroxylation is 2. The highest BCUT2D eigenvalue weighted by Crippen LogP contribution is 2.60. The molecule has 4 aliphatic rings. The summed E-state index contributed by atoms with van der Waals surface area (Å²) in [7, 11) is 0. The predicted molar refractivity (Wildman–Crippen MR) is 175 cm³/mol. The number of hydrogen-bond acceptors (Lipinski definition) is 9. The Morgan fingerprint density at radius 1 is 0.898 bits per heavy atom. The smallest absolute Gasteiger partial charge is 0.341 e. The van der Waals surface area contributed by atoms with Gasteiger partial charge in [0.15, 0.2) is 0 Å². The summed E-state index contributed by atoms with van der Waals surface area (Å²) < 4.78 is 59.8. The fourth-order valence-corrected chi connectivity index (χ4v) is 7.01. The number of piperidine rings is 2. The number of nitrogens with one attached hydrogen (secondary N) is 1. The van der Waals surface area contributed by atoms with Crippen molar-refractivity contribution in [2.75, 3.05) is 49.1 Å². The monoisotopic (exact) mass is 705 g/mol. The van der Waals surface area contributed by atoms with Gasteiger partial charge in [-0.1, -0.05) is 12.1 Å². The lowest BCUT2D eigenvalue weighted by Gasteiger charge is -2.21. The molecule has 49 heavy (non-hydrogen) atoms. The number of fused-ring (bicyclic) bond motifs is 2. The standard InChI is InChI=1S/C19H21ClF2N4O2.C15H19F2N3O/c1-3-28-18(27)13-8-26(24-16(13)6-20)7-12-4-5-17(23-11(12)2)25-9-14-15(10-25)19(14,21)22;1-9(21)5-18-6-11-3-4-14(19-10(11)2)20-7-12-13(8-20)15(12,16)17/h4-5,8,14-15H,3,6-7,9-10H2,1-2H3;3-4,12-13,18H,5-8H2,1-2H3. The van der Waals surface area contributed by atoms with Gasteiger partial charge in [0, 0.05) is 50.3 Å². The topological polar surface area (TPSA) is 105 Å². The zero-order chi connectivity index (χ0) is 35.2. The highest BCUT2D eigenvalue weighted by Gasteiger charge is 2.72. The third-order valence-corrected chi connectivity index (χ3v) is 10.1. The maximum absolute atomic E-state index is 13.4. The van der Waals surface area contributed by atoms with Crippen LogP contribution in [-0.2, 0) is 28.5 Å². The Bertz CT molecular complexity index is 1710. The number of carbonyl (C=O) groups excluding carboxylic acids is 2. The SMILES string of the molecule is CC(=O)CNCc1ccc(N2CC3C(C2)C3(F)F)nc1C.CCOC(=O)c1cn(Cc2ccc(N3CC4C(C3)C4(F)F)nc2C)nc1CCl. The molecule has 2 aliphatic heterocycles. The average molecular weight is 706 g/mol. The van der Waals surface area contributed by atoms with Crippen LogP contribution in [-0.4, -0.2) is 82.7 Å². The largest absolute Gasteiger partial charge is 0.462 e. The van der Waals surface area contributed by atoms with E-state index in [1.807, 2.05) is 47.9 Å². The minimum Gasteiger partial charge on any atom is -0.462 e. The summed E-state index contributed by atoms with van der Waals surface area (Å²) in [6.07, 6.45) is 1.62. The Labute approximate surface area is 287 Å². The fraction of sp³-hybridized carbons (Fsp3) is 0.559. The minimum atomic E-state index is -2.50. The first kappa shape index (κ1) is 35.1. The molecule has 0 amide bonds. The van der Waals surface area contributed by atoms with Crippen LogP contribution in [0.25, 0.3) is 0 Å². The molecule has 264 valence electrons. The highest BCUT2D eigenvalue weighted by atomic mass is 35.5. The maximum atomic E-state index is 13.4. The van der Waals surface area contributed by atoms with E-state index in [0.29, 0.717) is 57.1 Å². The zero-order valence-electron chi connectivity index (χ0n) is 27.9. The second-order valence-electron chi connectivity index (χ2n) is 13.3. The molecule has 0 spiro atoms. The number of esters is 1. The molecule has 5 heterocycles. The fourth-order valence-electron chi connectivity index (χ4n) is 6.82. The van der Waals surface area contributed by atoms with E-state index in [0.717, 1.165) is 34.2 Å². The van der Waals surface area contributed by atoms with E-state index >= 15 is 0 Å². The van der Waals surface area contributed by atoms with Crippen molar-refractivity contribution in [1.29, 1.82) is 0 Å². The number of rotatable bonds is 11. The van der Waals surface area contributed by atoms with Crippen molar-refractivity contribution in [2.24, 2.45) is 23.7 Å². The number of hydrogen-bond donors (Lipinski definition) is 1. The summed E-state index contributed by atoms with van der Waals surface area (Å²) in [5.41, 5.74) is 4.45. The molecule has 4 fully saturated rings. The van der Waals surface area contributed by atoms with E-state index in [-0.39, 0.29) is 18.3 Å². The lowest BCUT2D eigenvalue weighted by atomic mass is 10.2. The molecular formula is C34H40ClF4N7O3. The average Bonchev–Trinajstić information content (AvgIpc) is 3.54. The molecule has 1 N–H and O–H groups in total. The van der Waals surface area contributed by atoms with Gasteiger partial charge >= 0.3 is 5.97 Å². The second-order valence-corrected chi connectivity index (χ2v) is 13.5. The van der Waals surface area contributed by atoms with Crippen LogP contribution in [0.3, 0.4) is 0 Å². The quantitative estimate of drug-likeness (QED) is 0.167. The van der Waals surface area contributed by atoms with Crippen LogP contribution in [0.5, 0.6) is 0 Å². The number of pyridine rings is 2. The van der Waals surface area contributed by atoms with Crippen LogP contribution < -0.4 is 15.1 Å². The Morgan fingerprint density at radius 3 is 1.86 bits per heavy atom. The molecule has 10 nitrogen and oxygen atoms in total. The summed E-state index contributed by atoms with van der Waals surface area (Å²) in [5, 5.41) is 7.42. The lowest BCUT2D eigenvalue weighted by molar-refractivity contribution is -0.116. The number of halogens is 5. The first-order valence-electron chi connectivity index (χ1n) is 16.4. The van der Waals surface area contributed by atoms with E-state index in [1.165, 1.54) is 6.92 Å². The molecule has 15 heteroatoms. The summed E-state index contributed by atoms with van der Waals surface area (Å²) in [6, 6.07) is 7.60. The molecule has 0 bridgehead atoms. The van der Waals surface area contributed by atoms with E-state index in [4.69, 9.17) is 16.3 Å². The van der Waals surface area contributed by atoms with Crippen LogP contribution in [0, 0.1) is 37.5 Å². The molecule has 2 aliphatic carbocycles. The second kappa shape index (κ2) is 13.5. The molecule has 3 aromatic rings. The molecule has 3 aromatic heterocycles. The van der Waals surface area contributed by atoms with Gasteiger partial charge in [-0.05, 0) is 51.0 Å². The molecule has 2 saturated heterocycles. The van der Waals surface area contributed by atoms with Gasteiger partial charge in [-0.15, -0.1) is 11.6 Å². The number of anilines is 2. The summed E-state index contributed by atoms with van der Waals surface area (Å²) in [4.78, 5) is 35.9. The maximum Gasteiger partial charge on any atom is 0.341 e. The van der Waals surface area contributed by atoms with Gasteiger partial charge in [-0.2, -0.15) is 5.10 Å². The molecule has 4 atom stereocenters. The Morgan fingerprint density at radius 2 is 1.41 bits per heavy atom. The van der Waals surface area contributed by atoms with Crippen molar-refractivity contribution in [3.8, 4) is 0 Å². The van der Waals surface area contributed by atoms with Gasteiger partial charge in [0.1, 0.15) is 23.0 Å². The van der Waals surface area contributed by atoms with Gasteiger partial charge in [0.25, 0.3) is 11.8 Å². The number of aromatic nitrogens is 4. The minimum absolute atomic E-state index is 0.0921. The zero-order valence-corrected chi connectivity index (χ0v) is 28.6. The van der Waals surface area contributed by atoms with Gasteiger partial charge in [0.05, 0.1) is 54.9 Å². The van der Waals surface area contributed by atoms with Crippen molar-refractivity contribution in [3.05, 3.63) is 64.2 Å². The van der Waals surface area contributed by atoms with E-state index < -0.39 is 41.5 Å². The first-order valence-corrected chi connectivity index (χ1v) is 17.0. The van der Waals surface area contributed by atoms with Gasteiger partial charge in [-0.25, -0.2) is 32.3 Å². The van der Waals surface area contributed by atoms with E-state index in [9.17, 15) is 27.2 Å². The molecule has 7 rings (SSSR count). The Balaban J connectivity index is 0.000000177. The van der Waals surface area contributed by atoms with Crippen molar-refractivity contribution in [2.45, 2.75) is 58.5 Å². The van der Waals surface area contributed by atoms with Crippen molar-refractivity contribution < 1.29 is 31.9 Å². The molecular weight excluding hydrogens is 666 g/mol. The summed E-state index contributed by atoms with van der Waals surface area (Å²) in [6.45, 7) is 10.2. The predicted octanol–water partition coefficient (Wildman–Crippen LogP) is 5.02. The molecule has 4 unspecified atom stereocenters.